The maximum atomic E-state index is 14.2. The Balaban J connectivity index is 1.59. The third-order valence-corrected chi connectivity index (χ3v) is 8.95. The standard InChI is InChI=1S/C30H31N3O10/c1-32(2)16-9-14(12-5-6-17-18(8-12)43-11-42-17)22(34)20-15(16)7-13-10-29(40)25(33(3)4)24(36)21(28(31)39)27(38)30(29,41)26(37)19(13)23(20)35/h5-6,8-9,13,25,34,36-37,40-41H,7,10-11H2,1-4H3,(H2,31,39)/t13-,25+,29+,30-/m0/s1. The largest absolute Gasteiger partial charge is 0.510 e. The summed E-state index contributed by atoms with van der Waals surface area (Å²) in [7, 11) is 6.38. The molecule has 4 aliphatic rings. The highest BCUT2D eigenvalue weighted by atomic mass is 16.7. The number of phenols is 1. The van der Waals surface area contributed by atoms with Crippen LogP contribution in [-0.2, 0) is 16.0 Å². The first-order chi connectivity index (χ1) is 20.1. The van der Waals surface area contributed by atoms with E-state index in [0.717, 1.165) is 0 Å². The second kappa shape index (κ2) is 9.20. The number of allylic oxidation sites excluding steroid dienone is 1. The fourth-order valence-electron chi connectivity index (χ4n) is 7.08. The molecule has 2 aromatic rings. The molecule has 1 aliphatic heterocycles. The molecular weight excluding hydrogens is 562 g/mol. The fourth-order valence-corrected chi connectivity index (χ4v) is 7.08. The van der Waals surface area contributed by atoms with Crippen LogP contribution in [0.15, 0.2) is 46.9 Å². The average molecular weight is 594 g/mol. The van der Waals surface area contributed by atoms with Crippen LogP contribution in [0.5, 0.6) is 17.2 Å². The van der Waals surface area contributed by atoms with Gasteiger partial charge in [-0.05, 0) is 62.2 Å². The molecule has 0 saturated carbocycles. The first kappa shape index (κ1) is 28.5. The van der Waals surface area contributed by atoms with Gasteiger partial charge in [-0.25, -0.2) is 0 Å². The predicted molar refractivity (Wildman–Crippen MR) is 151 cm³/mol. The van der Waals surface area contributed by atoms with Crippen molar-refractivity contribution in [1.82, 2.24) is 4.90 Å². The Bertz CT molecular complexity index is 1710. The molecule has 6 rings (SSSR count). The normalized spacial score (nSPS) is 27.7. The van der Waals surface area contributed by atoms with Crippen molar-refractivity contribution in [3.8, 4) is 28.4 Å². The van der Waals surface area contributed by atoms with Crippen molar-refractivity contribution in [1.29, 1.82) is 0 Å². The van der Waals surface area contributed by atoms with Crippen molar-refractivity contribution < 1.29 is 49.4 Å². The van der Waals surface area contributed by atoms with Crippen LogP contribution in [0.1, 0.15) is 22.3 Å². The SMILES string of the molecule is CN(C)c1cc(-c2ccc3c(c2)OCO3)c(O)c2c1C[C@H]1C[C@@]3(O)[C@H](N(C)C)C(O)=C(C(N)=O)C(=O)[C@@]3(O)C(O)=C1C2=O. The first-order valence-corrected chi connectivity index (χ1v) is 13.5. The lowest BCUT2D eigenvalue weighted by Gasteiger charge is -2.55. The molecule has 2 aromatic carbocycles. The summed E-state index contributed by atoms with van der Waals surface area (Å²) in [5.41, 5.74) is -0.149. The van der Waals surface area contributed by atoms with E-state index in [0.29, 0.717) is 28.3 Å². The lowest BCUT2D eigenvalue weighted by Crippen LogP contribution is -2.75. The Kier molecular flexibility index (Phi) is 6.11. The van der Waals surface area contributed by atoms with Gasteiger partial charge in [-0.2, -0.15) is 0 Å². The Labute approximate surface area is 245 Å². The van der Waals surface area contributed by atoms with Crippen molar-refractivity contribution in [3.05, 3.63) is 58.1 Å². The fraction of sp³-hybridized carbons (Fsp3) is 0.367. The van der Waals surface area contributed by atoms with Gasteiger partial charge in [-0.15, -0.1) is 0 Å². The molecule has 0 fully saturated rings. The third-order valence-electron chi connectivity index (χ3n) is 8.95. The second-order valence-electron chi connectivity index (χ2n) is 11.8. The Hall–Kier alpha value is -4.59. The minimum absolute atomic E-state index is 0.0167. The smallest absolute Gasteiger partial charge is 0.255 e. The van der Waals surface area contributed by atoms with Gasteiger partial charge in [0, 0.05) is 30.9 Å². The number of carbonyl (C=O) groups is 3. The molecule has 7 N–H and O–H groups in total. The number of rotatable bonds is 4. The molecule has 0 spiro atoms. The molecule has 13 heteroatoms. The van der Waals surface area contributed by atoms with E-state index >= 15 is 0 Å². The van der Waals surface area contributed by atoms with Crippen LogP contribution in [0.4, 0.5) is 5.69 Å². The van der Waals surface area contributed by atoms with Gasteiger partial charge in [0.05, 0.1) is 5.56 Å². The van der Waals surface area contributed by atoms with Gasteiger partial charge in [0.15, 0.2) is 17.3 Å². The Morgan fingerprint density at radius 3 is 2.33 bits per heavy atom. The minimum atomic E-state index is -3.20. The van der Waals surface area contributed by atoms with Gasteiger partial charge in [0.25, 0.3) is 5.91 Å². The summed E-state index contributed by atoms with van der Waals surface area (Å²) in [4.78, 5) is 43.1. The molecule has 226 valence electrons. The number of primary amides is 1. The zero-order chi connectivity index (χ0) is 31.3. The number of likely N-dealkylation sites (N-methyl/N-ethyl adjacent to an activating group) is 1. The van der Waals surface area contributed by atoms with Crippen molar-refractivity contribution >= 4 is 23.2 Å². The molecule has 0 saturated heterocycles. The van der Waals surface area contributed by atoms with Crippen molar-refractivity contribution in [2.45, 2.75) is 30.1 Å². The number of ketones is 2. The minimum Gasteiger partial charge on any atom is -0.510 e. The average Bonchev–Trinajstić information content (AvgIpc) is 3.38. The summed E-state index contributed by atoms with van der Waals surface area (Å²) < 4.78 is 10.9. The predicted octanol–water partition coefficient (Wildman–Crippen LogP) is 0.697. The molecule has 0 radical (unpaired) electrons. The molecule has 1 heterocycles. The molecule has 43 heavy (non-hydrogen) atoms. The lowest BCUT2D eigenvalue weighted by molar-refractivity contribution is -0.199. The zero-order valence-corrected chi connectivity index (χ0v) is 23.8. The van der Waals surface area contributed by atoms with Crippen LogP contribution in [0.3, 0.4) is 0 Å². The number of phenolic OH excluding ortho intramolecular Hbond substituents is 1. The number of aliphatic hydroxyl groups is 4. The van der Waals surface area contributed by atoms with Crippen molar-refractivity contribution in [2.24, 2.45) is 11.7 Å². The van der Waals surface area contributed by atoms with Gasteiger partial charge in [0.2, 0.25) is 18.2 Å². The molecular formula is C30H31N3O10. The van der Waals surface area contributed by atoms with Gasteiger partial charge < -0.3 is 45.6 Å². The topological polar surface area (TPSA) is 203 Å². The van der Waals surface area contributed by atoms with Crippen molar-refractivity contribution in [3.63, 3.8) is 0 Å². The molecule has 0 aromatic heterocycles. The van der Waals surface area contributed by atoms with E-state index < -0.39 is 75.5 Å². The molecule has 0 unspecified atom stereocenters. The van der Waals surface area contributed by atoms with E-state index in [-0.39, 0.29) is 24.3 Å². The van der Waals surface area contributed by atoms with Gasteiger partial charge in [-0.3, -0.25) is 19.3 Å². The van der Waals surface area contributed by atoms with Crippen LogP contribution in [0.25, 0.3) is 11.1 Å². The number of amides is 1. The third kappa shape index (κ3) is 3.58. The number of benzene rings is 2. The summed E-state index contributed by atoms with van der Waals surface area (Å²) in [6, 6.07) is 5.18. The number of hydrogen-bond donors (Lipinski definition) is 6. The monoisotopic (exact) mass is 593 g/mol. The Morgan fingerprint density at radius 2 is 1.70 bits per heavy atom. The van der Waals surface area contributed by atoms with E-state index in [1.165, 1.54) is 19.0 Å². The number of aromatic hydroxyl groups is 1. The highest BCUT2D eigenvalue weighted by Gasteiger charge is 2.71. The Morgan fingerprint density at radius 1 is 1.02 bits per heavy atom. The number of nitrogens with two attached hydrogens (primary N) is 1. The van der Waals surface area contributed by atoms with Crippen LogP contribution in [-0.4, -0.2) is 100 Å². The maximum Gasteiger partial charge on any atom is 0.255 e. The van der Waals surface area contributed by atoms with Crippen LogP contribution < -0.4 is 20.1 Å². The van der Waals surface area contributed by atoms with Gasteiger partial charge in [0.1, 0.15) is 34.5 Å². The summed E-state index contributed by atoms with van der Waals surface area (Å²) in [5.74, 6) is -6.16. The van der Waals surface area contributed by atoms with E-state index in [1.54, 1.807) is 43.3 Å². The number of Topliss-reactive ketones (excluding diaryl/α,β-unsaturated/α-hetero) is 2. The quantitative estimate of drug-likeness (QED) is 0.271. The van der Waals surface area contributed by atoms with Crippen molar-refractivity contribution in [2.75, 3.05) is 39.9 Å². The second-order valence-corrected chi connectivity index (χ2v) is 11.8. The van der Waals surface area contributed by atoms with Crippen LogP contribution >= 0.6 is 0 Å². The van der Waals surface area contributed by atoms with Crippen LogP contribution in [0, 0.1) is 5.92 Å². The summed E-state index contributed by atoms with van der Waals surface area (Å²) in [6.07, 6.45) is -0.445. The first-order valence-electron chi connectivity index (χ1n) is 13.5. The molecule has 0 bridgehead atoms. The highest BCUT2D eigenvalue weighted by molar-refractivity contribution is 6.25. The van der Waals surface area contributed by atoms with E-state index in [4.69, 9.17) is 15.2 Å². The molecule has 4 atom stereocenters. The molecule has 13 nitrogen and oxygen atoms in total. The molecule has 1 amide bonds. The van der Waals surface area contributed by atoms with E-state index in [9.17, 15) is 39.9 Å². The summed E-state index contributed by atoms with van der Waals surface area (Å²) >= 11 is 0. The molecule has 3 aliphatic carbocycles. The number of anilines is 1. The number of hydrogen-bond acceptors (Lipinski definition) is 12. The number of nitrogens with zero attached hydrogens (tertiary/aromatic N) is 2. The highest BCUT2D eigenvalue weighted by Crippen LogP contribution is 2.56. The number of carbonyl (C=O) groups excluding carboxylic acids is 3. The van der Waals surface area contributed by atoms with Crippen LogP contribution in [0.2, 0.25) is 0 Å². The van der Waals surface area contributed by atoms with Gasteiger partial charge >= 0.3 is 0 Å². The lowest BCUT2D eigenvalue weighted by atomic mass is 9.56. The van der Waals surface area contributed by atoms with E-state index in [2.05, 4.69) is 0 Å². The zero-order valence-electron chi connectivity index (χ0n) is 23.8. The maximum absolute atomic E-state index is 14.2. The number of ether oxygens (including phenoxy) is 2. The number of aliphatic hydroxyl groups excluding tert-OH is 2. The number of fused-ring (bicyclic) bond motifs is 4. The van der Waals surface area contributed by atoms with Gasteiger partial charge in [-0.1, -0.05) is 6.07 Å². The summed E-state index contributed by atoms with van der Waals surface area (Å²) in [6.45, 7) is 0.0400. The van der Waals surface area contributed by atoms with E-state index in [1.807, 2.05) is 0 Å². The summed E-state index contributed by atoms with van der Waals surface area (Å²) in [5, 5.41) is 57.9.